The van der Waals surface area contributed by atoms with Gasteiger partial charge in [-0.05, 0) is 47.9 Å². The van der Waals surface area contributed by atoms with E-state index < -0.39 is 0 Å². The third-order valence-electron chi connectivity index (χ3n) is 4.56. The van der Waals surface area contributed by atoms with Crippen molar-refractivity contribution in [1.82, 2.24) is 20.2 Å². The zero-order chi connectivity index (χ0) is 21.7. The van der Waals surface area contributed by atoms with Gasteiger partial charge in [0.15, 0.2) is 5.82 Å². The number of rotatable bonds is 8. The Morgan fingerprint density at radius 1 is 1.17 bits per heavy atom. The number of nitrogen functional groups attached to an aromatic ring is 1. The van der Waals surface area contributed by atoms with Crippen LogP contribution in [0.5, 0.6) is 5.75 Å². The van der Waals surface area contributed by atoms with Gasteiger partial charge in [0.25, 0.3) is 0 Å². The second kappa shape index (κ2) is 9.86. The number of ether oxygens (including phenoxy) is 1. The van der Waals surface area contributed by atoms with E-state index in [9.17, 15) is 4.79 Å². The summed E-state index contributed by atoms with van der Waals surface area (Å²) in [7, 11) is 1.63. The number of nitrogens with one attached hydrogen (secondary N) is 1. The van der Waals surface area contributed by atoms with Crippen LogP contribution >= 0.6 is 23.4 Å². The lowest BCUT2D eigenvalue weighted by Gasteiger charge is -2.23. The van der Waals surface area contributed by atoms with Crippen LogP contribution in [-0.2, 0) is 4.79 Å². The zero-order valence-corrected chi connectivity index (χ0v) is 18.6. The number of thioether (sulfide) groups is 1. The molecule has 30 heavy (non-hydrogen) atoms. The highest BCUT2D eigenvalue weighted by Crippen LogP contribution is 2.25. The second-order valence-electron chi connectivity index (χ2n) is 7.03. The summed E-state index contributed by atoms with van der Waals surface area (Å²) in [6.07, 6.45) is 0. The Hall–Kier alpha value is -2.71. The van der Waals surface area contributed by atoms with Gasteiger partial charge in [-0.25, -0.2) is 4.68 Å². The number of benzene rings is 2. The van der Waals surface area contributed by atoms with Crippen molar-refractivity contribution in [2.24, 2.45) is 5.92 Å². The molecule has 2 aromatic carbocycles. The van der Waals surface area contributed by atoms with Crippen LogP contribution in [0.25, 0.3) is 11.4 Å². The van der Waals surface area contributed by atoms with Gasteiger partial charge >= 0.3 is 0 Å². The minimum absolute atomic E-state index is 0.106. The van der Waals surface area contributed by atoms with Crippen molar-refractivity contribution >= 4 is 29.3 Å². The molecular formula is C21H24ClN5O2S. The minimum atomic E-state index is -0.107. The molecule has 9 heteroatoms. The SMILES string of the molecule is COc1ccc(C(NC(=O)CSc2nnc(-c3ccc(Cl)cc3)n2N)C(C)C)cc1. The first kappa shape index (κ1) is 22.0. The van der Waals surface area contributed by atoms with Gasteiger partial charge in [0.05, 0.1) is 18.9 Å². The predicted octanol–water partition coefficient (Wildman–Crippen LogP) is 3.93. The van der Waals surface area contributed by atoms with Crippen LogP contribution in [0, 0.1) is 5.92 Å². The van der Waals surface area contributed by atoms with Gasteiger partial charge in [-0.3, -0.25) is 4.79 Å². The number of carbonyl (C=O) groups excluding carboxylic acids is 1. The maximum Gasteiger partial charge on any atom is 0.230 e. The van der Waals surface area contributed by atoms with Gasteiger partial charge in [-0.1, -0.05) is 49.3 Å². The van der Waals surface area contributed by atoms with Gasteiger partial charge in [0.2, 0.25) is 11.1 Å². The molecule has 0 aliphatic heterocycles. The number of halogens is 1. The molecule has 0 aliphatic rings. The fourth-order valence-corrected chi connectivity index (χ4v) is 3.76. The maximum absolute atomic E-state index is 12.6. The molecule has 3 rings (SSSR count). The number of methoxy groups -OCH3 is 1. The maximum atomic E-state index is 12.6. The summed E-state index contributed by atoms with van der Waals surface area (Å²) < 4.78 is 6.58. The number of aromatic nitrogens is 3. The first-order valence-corrected chi connectivity index (χ1v) is 10.8. The molecule has 1 amide bonds. The van der Waals surface area contributed by atoms with Crippen LogP contribution in [0.3, 0.4) is 0 Å². The standard InChI is InChI=1S/C21H24ClN5O2S/c1-13(2)19(14-6-10-17(29-3)11-7-14)24-18(28)12-30-21-26-25-20(27(21)23)15-4-8-16(22)9-5-15/h4-11,13,19H,12,23H2,1-3H3,(H,24,28). The van der Waals surface area contributed by atoms with Gasteiger partial charge in [0, 0.05) is 10.6 Å². The third kappa shape index (κ3) is 5.25. The van der Waals surface area contributed by atoms with Crippen LogP contribution in [0.4, 0.5) is 0 Å². The summed E-state index contributed by atoms with van der Waals surface area (Å²) in [6.45, 7) is 4.13. The first-order chi connectivity index (χ1) is 14.4. The fourth-order valence-electron chi connectivity index (χ4n) is 2.96. The van der Waals surface area contributed by atoms with Crippen molar-refractivity contribution in [2.45, 2.75) is 25.0 Å². The van der Waals surface area contributed by atoms with Crippen molar-refractivity contribution in [3.8, 4) is 17.1 Å². The van der Waals surface area contributed by atoms with E-state index in [2.05, 4.69) is 29.4 Å². The molecule has 0 fully saturated rings. The van der Waals surface area contributed by atoms with Crippen LogP contribution in [0.1, 0.15) is 25.5 Å². The number of carbonyl (C=O) groups is 1. The van der Waals surface area contributed by atoms with Gasteiger partial charge in [0.1, 0.15) is 5.75 Å². The average molecular weight is 446 g/mol. The Morgan fingerprint density at radius 2 is 1.83 bits per heavy atom. The van der Waals surface area contributed by atoms with Crippen molar-refractivity contribution < 1.29 is 9.53 Å². The number of amides is 1. The number of nitrogens with two attached hydrogens (primary N) is 1. The molecule has 1 unspecified atom stereocenters. The molecule has 0 radical (unpaired) electrons. The molecule has 0 saturated heterocycles. The molecule has 3 aromatic rings. The van der Waals surface area contributed by atoms with Crippen LogP contribution in [-0.4, -0.2) is 33.6 Å². The quantitative estimate of drug-likeness (QED) is 0.403. The summed E-state index contributed by atoms with van der Waals surface area (Å²) >= 11 is 7.16. The highest BCUT2D eigenvalue weighted by molar-refractivity contribution is 7.99. The van der Waals surface area contributed by atoms with E-state index in [4.69, 9.17) is 22.2 Å². The number of hydrogen-bond donors (Lipinski definition) is 2. The lowest BCUT2D eigenvalue weighted by atomic mass is 9.96. The molecule has 1 heterocycles. The Morgan fingerprint density at radius 3 is 2.43 bits per heavy atom. The largest absolute Gasteiger partial charge is 0.497 e. The van der Waals surface area contributed by atoms with Gasteiger partial charge < -0.3 is 15.9 Å². The highest BCUT2D eigenvalue weighted by atomic mass is 35.5. The zero-order valence-electron chi connectivity index (χ0n) is 17.0. The normalized spacial score (nSPS) is 12.0. The molecule has 0 spiro atoms. The molecule has 1 aromatic heterocycles. The molecular weight excluding hydrogens is 422 g/mol. The van der Waals surface area contributed by atoms with Crippen molar-refractivity contribution in [2.75, 3.05) is 18.7 Å². The molecule has 7 nitrogen and oxygen atoms in total. The summed E-state index contributed by atoms with van der Waals surface area (Å²) in [5.41, 5.74) is 1.82. The Kier molecular flexibility index (Phi) is 7.23. The summed E-state index contributed by atoms with van der Waals surface area (Å²) in [6, 6.07) is 14.8. The van der Waals surface area contributed by atoms with E-state index in [0.29, 0.717) is 16.0 Å². The highest BCUT2D eigenvalue weighted by Gasteiger charge is 2.20. The van der Waals surface area contributed by atoms with Crippen LogP contribution < -0.4 is 15.9 Å². The number of hydrogen-bond acceptors (Lipinski definition) is 6. The Balaban J connectivity index is 1.63. The van der Waals surface area contributed by atoms with Gasteiger partial charge in [-0.15, -0.1) is 10.2 Å². The van der Waals surface area contributed by atoms with Crippen LogP contribution in [0.15, 0.2) is 53.7 Å². The van der Waals surface area contributed by atoms with E-state index in [1.165, 1.54) is 16.4 Å². The summed E-state index contributed by atoms with van der Waals surface area (Å²) in [5.74, 6) is 7.70. The Labute approximate surface area is 184 Å². The van der Waals surface area contributed by atoms with E-state index in [-0.39, 0.29) is 23.6 Å². The van der Waals surface area contributed by atoms with E-state index in [1.54, 1.807) is 19.2 Å². The van der Waals surface area contributed by atoms with Crippen molar-refractivity contribution in [3.63, 3.8) is 0 Å². The predicted molar refractivity (Wildman–Crippen MR) is 120 cm³/mol. The van der Waals surface area contributed by atoms with Crippen molar-refractivity contribution in [3.05, 3.63) is 59.1 Å². The average Bonchev–Trinajstić information content (AvgIpc) is 3.11. The topological polar surface area (TPSA) is 95.1 Å². The molecule has 1 atom stereocenters. The minimum Gasteiger partial charge on any atom is -0.497 e. The lowest BCUT2D eigenvalue weighted by Crippen LogP contribution is -2.33. The Bertz CT molecular complexity index is 990. The summed E-state index contributed by atoms with van der Waals surface area (Å²) in [5, 5.41) is 12.4. The first-order valence-electron chi connectivity index (χ1n) is 9.41. The summed E-state index contributed by atoms with van der Waals surface area (Å²) in [4.78, 5) is 12.6. The van der Waals surface area contributed by atoms with Crippen LogP contribution in [0.2, 0.25) is 5.02 Å². The smallest absolute Gasteiger partial charge is 0.230 e. The van der Waals surface area contributed by atoms with Crippen molar-refractivity contribution in [1.29, 1.82) is 0 Å². The molecule has 3 N–H and O–H groups in total. The van der Waals surface area contributed by atoms with E-state index in [1.807, 2.05) is 36.4 Å². The lowest BCUT2D eigenvalue weighted by molar-refractivity contribution is -0.119. The molecule has 0 saturated carbocycles. The monoisotopic (exact) mass is 445 g/mol. The molecule has 0 bridgehead atoms. The number of nitrogens with zero attached hydrogens (tertiary/aromatic N) is 3. The van der Waals surface area contributed by atoms with E-state index >= 15 is 0 Å². The van der Waals surface area contributed by atoms with E-state index in [0.717, 1.165) is 16.9 Å². The fraction of sp³-hybridized carbons (Fsp3) is 0.286. The third-order valence-corrected chi connectivity index (χ3v) is 5.75. The molecule has 158 valence electrons. The van der Waals surface area contributed by atoms with Gasteiger partial charge in [-0.2, -0.15) is 0 Å². The second-order valence-corrected chi connectivity index (χ2v) is 8.41. The molecule has 0 aliphatic carbocycles.